The number of carbonyl (C=O) groups is 3. The lowest BCUT2D eigenvalue weighted by Crippen LogP contribution is -2.43. The van der Waals surface area contributed by atoms with Crippen molar-refractivity contribution in [3.63, 3.8) is 0 Å². The average molecular weight is 444 g/mol. The molecule has 2 rings (SSSR count). The number of para-hydroxylation sites is 1. The number of hydrogen-bond acceptors (Lipinski definition) is 8. The number of ether oxygens (including phenoxy) is 4. The van der Waals surface area contributed by atoms with Crippen LogP contribution in [0.15, 0.2) is 42.6 Å². The van der Waals surface area contributed by atoms with Crippen molar-refractivity contribution in [2.24, 2.45) is 0 Å². The molecular formula is C23H28N2O7. The predicted molar refractivity (Wildman–Crippen MR) is 116 cm³/mol. The molecule has 0 unspecified atom stereocenters. The van der Waals surface area contributed by atoms with Crippen molar-refractivity contribution < 1.29 is 33.3 Å². The van der Waals surface area contributed by atoms with Gasteiger partial charge in [0.15, 0.2) is 11.4 Å². The van der Waals surface area contributed by atoms with E-state index in [2.05, 4.69) is 10.3 Å². The lowest BCUT2D eigenvalue weighted by Gasteiger charge is -2.25. The lowest BCUT2D eigenvalue weighted by atomic mass is 10.1. The molecular weight excluding hydrogens is 416 g/mol. The Balaban J connectivity index is 2.05. The summed E-state index contributed by atoms with van der Waals surface area (Å²) in [4.78, 5) is 40.7. The maximum atomic E-state index is 12.7. The van der Waals surface area contributed by atoms with Gasteiger partial charge in [0.1, 0.15) is 24.0 Å². The lowest BCUT2D eigenvalue weighted by molar-refractivity contribution is -0.155. The van der Waals surface area contributed by atoms with Crippen LogP contribution in [0.3, 0.4) is 0 Å². The standard InChI is InChI=1S/C23H28N2O7/c1-6-18(15(3)30-17-10-8-7-9-11-17)32-23(28)14(2)25-22(27)20-21(31-16(4)26)19(29-5)12-13-24-20/h7-15,18H,6H2,1-5H3,(H,25,27)/t14-,15-,18-/m0/s1. The van der Waals surface area contributed by atoms with E-state index in [1.54, 1.807) is 0 Å². The van der Waals surface area contributed by atoms with E-state index >= 15 is 0 Å². The molecule has 1 heterocycles. The molecule has 0 aliphatic heterocycles. The molecule has 1 N–H and O–H groups in total. The first kappa shape index (κ1) is 24.6. The van der Waals surface area contributed by atoms with Gasteiger partial charge >= 0.3 is 11.9 Å². The highest BCUT2D eigenvalue weighted by molar-refractivity contribution is 5.98. The molecule has 0 saturated carbocycles. The van der Waals surface area contributed by atoms with Crippen LogP contribution >= 0.6 is 0 Å². The number of amides is 1. The van der Waals surface area contributed by atoms with Crippen molar-refractivity contribution in [2.75, 3.05) is 7.11 Å². The van der Waals surface area contributed by atoms with Gasteiger partial charge in [0.2, 0.25) is 5.75 Å². The summed E-state index contributed by atoms with van der Waals surface area (Å²) in [6, 6.07) is 9.67. The van der Waals surface area contributed by atoms with E-state index < -0.39 is 36.1 Å². The molecule has 0 aliphatic rings. The Morgan fingerprint density at radius 2 is 1.78 bits per heavy atom. The van der Waals surface area contributed by atoms with Crippen LogP contribution < -0.4 is 19.5 Å². The number of pyridine rings is 1. The van der Waals surface area contributed by atoms with Crippen molar-refractivity contribution in [3.8, 4) is 17.2 Å². The normalized spacial score (nSPS) is 13.3. The summed E-state index contributed by atoms with van der Waals surface area (Å²) in [6.07, 6.45) is 0.937. The minimum Gasteiger partial charge on any atom is -0.493 e. The van der Waals surface area contributed by atoms with E-state index in [0.29, 0.717) is 12.2 Å². The zero-order valence-electron chi connectivity index (χ0n) is 18.8. The maximum absolute atomic E-state index is 12.7. The van der Waals surface area contributed by atoms with E-state index in [1.807, 2.05) is 44.2 Å². The molecule has 9 heteroatoms. The first-order valence-corrected chi connectivity index (χ1v) is 10.2. The topological polar surface area (TPSA) is 113 Å². The fraction of sp³-hybridized carbons (Fsp3) is 0.391. The van der Waals surface area contributed by atoms with E-state index in [1.165, 1.54) is 33.2 Å². The van der Waals surface area contributed by atoms with Gasteiger partial charge in [-0.25, -0.2) is 9.78 Å². The monoisotopic (exact) mass is 444 g/mol. The molecule has 32 heavy (non-hydrogen) atoms. The fourth-order valence-corrected chi connectivity index (χ4v) is 2.87. The summed E-state index contributed by atoms with van der Waals surface area (Å²) in [7, 11) is 1.37. The second-order valence-electron chi connectivity index (χ2n) is 7.00. The van der Waals surface area contributed by atoms with Crippen LogP contribution in [0.2, 0.25) is 0 Å². The third-order valence-corrected chi connectivity index (χ3v) is 4.51. The Hall–Kier alpha value is -3.62. The fourth-order valence-electron chi connectivity index (χ4n) is 2.87. The highest BCUT2D eigenvalue weighted by atomic mass is 16.6. The van der Waals surface area contributed by atoms with Gasteiger partial charge in [0, 0.05) is 19.2 Å². The Morgan fingerprint density at radius 3 is 2.38 bits per heavy atom. The van der Waals surface area contributed by atoms with E-state index in [9.17, 15) is 14.4 Å². The van der Waals surface area contributed by atoms with Crippen molar-refractivity contribution in [3.05, 3.63) is 48.3 Å². The van der Waals surface area contributed by atoms with E-state index in [-0.39, 0.29) is 17.2 Å². The van der Waals surface area contributed by atoms with E-state index in [0.717, 1.165) is 0 Å². The van der Waals surface area contributed by atoms with Crippen molar-refractivity contribution in [1.82, 2.24) is 10.3 Å². The van der Waals surface area contributed by atoms with Crippen LogP contribution in [0.4, 0.5) is 0 Å². The first-order chi connectivity index (χ1) is 15.3. The number of esters is 2. The number of methoxy groups -OCH3 is 1. The molecule has 0 saturated heterocycles. The van der Waals surface area contributed by atoms with Crippen LogP contribution in [0.1, 0.15) is 44.6 Å². The van der Waals surface area contributed by atoms with Gasteiger partial charge in [-0.3, -0.25) is 9.59 Å². The Kier molecular flexibility index (Phi) is 9.00. The first-order valence-electron chi connectivity index (χ1n) is 10.2. The number of aromatic nitrogens is 1. The summed E-state index contributed by atoms with van der Waals surface area (Å²) < 4.78 is 21.6. The van der Waals surface area contributed by atoms with Crippen molar-refractivity contribution in [2.45, 2.75) is 52.4 Å². The zero-order chi connectivity index (χ0) is 23.7. The minimum absolute atomic E-state index is 0.128. The third kappa shape index (κ3) is 6.69. The largest absolute Gasteiger partial charge is 0.493 e. The summed E-state index contributed by atoms with van der Waals surface area (Å²) in [5, 5.41) is 2.52. The molecule has 1 aromatic carbocycles. The molecule has 172 valence electrons. The molecule has 9 nitrogen and oxygen atoms in total. The van der Waals surface area contributed by atoms with Gasteiger partial charge in [-0.1, -0.05) is 25.1 Å². The number of rotatable bonds is 10. The third-order valence-electron chi connectivity index (χ3n) is 4.51. The molecule has 0 spiro atoms. The van der Waals surface area contributed by atoms with Crippen LogP contribution in [-0.2, 0) is 14.3 Å². The van der Waals surface area contributed by atoms with Gasteiger partial charge in [-0.05, 0) is 32.4 Å². The second-order valence-corrected chi connectivity index (χ2v) is 7.00. The Bertz CT molecular complexity index is 933. The molecule has 1 aromatic heterocycles. The number of nitrogens with zero attached hydrogens (tertiary/aromatic N) is 1. The maximum Gasteiger partial charge on any atom is 0.328 e. The van der Waals surface area contributed by atoms with E-state index in [4.69, 9.17) is 18.9 Å². The molecule has 0 bridgehead atoms. The number of carbonyl (C=O) groups excluding carboxylic acids is 3. The summed E-state index contributed by atoms with van der Waals surface area (Å²) in [6.45, 7) is 6.36. The van der Waals surface area contributed by atoms with Crippen LogP contribution in [0, 0.1) is 0 Å². The molecule has 2 aromatic rings. The SMILES string of the molecule is CC[C@H](OC(=O)[C@H](C)NC(=O)c1nccc(OC)c1OC(C)=O)[C@H](C)Oc1ccccc1. The van der Waals surface area contributed by atoms with Gasteiger partial charge in [-0.2, -0.15) is 0 Å². The Morgan fingerprint density at radius 1 is 1.09 bits per heavy atom. The predicted octanol–water partition coefficient (Wildman–Crippen LogP) is 2.92. The molecule has 0 radical (unpaired) electrons. The van der Waals surface area contributed by atoms with Crippen molar-refractivity contribution >= 4 is 17.8 Å². The van der Waals surface area contributed by atoms with Gasteiger partial charge < -0.3 is 24.3 Å². The summed E-state index contributed by atoms with van der Waals surface area (Å²) in [5.41, 5.74) is -0.188. The number of benzene rings is 1. The highest BCUT2D eigenvalue weighted by Gasteiger charge is 2.28. The smallest absolute Gasteiger partial charge is 0.328 e. The van der Waals surface area contributed by atoms with Crippen LogP contribution in [-0.4, -0.2) is 48.2 Å². The minimum atomic E-state index is -0.987. The highest BCUT2D eigenvalue weighted by Crippen LogP contribution is 2.29. The van der Waals surface area contributed by atoms with Gasteiger partial charge in [0.05, 0.1) is 7.11 Å². The quantitative estimate of drug-likeness (QED) is 0.557. The van der Waals surface area contributed by atoms with Crippen LogP contribution in [0.5, 0.6) is 17.2 Å². The molecule has 1 amide bonds. The molecule has 3 atom stereocenters. The molecule has 0 aliphatic carbocycles. The summed E-state index contributed by atoms with van der Waals surface area (Å²) in [5.74, 6) is -1.30. The number of hydrogen-bond donors (Lipinski definition) is 1. The second kappa shape index (κ2) is 11.7. The van der Waals surface area contributed by atoms with Gasteiger partial charge in [0.25, 0.3) is 5.91 Å². The van der Waals surface area contributed by atoms with Crippen molar-refractivity contribution in [1.29, 1.82) is 0 Å². The molecule has 0 fully saturated rings. The Labute approximate surface area is 187 Å². The summed E-state index contributed by atoms with van der Waals surface area (Å²) >= 11 is 0. The van der Waals surface area contributed by atoms with Gasteiger partial charge in [-0.15, -0.1) is 0 Å². The van der Waals surface area contributed by atoms with Crippen LogP contribution in [0.25, 0.3) is 0 Å². The number of nitrogens with one attached hydrogen (secondary N) is 1. The average Bonchev–Trinajstić information content (AvgIpc) is 2.77. The zero-order valence-corrected chi connectivity index (χ0v) is 18.8.